The van der Waals surface area contributed by atoms with Gasteiger partial charge in [0.15, 0.2) is 0 Å². The van der Waals surface area contributed by atoms with Crippen molar-refractivity contribution in [3.63, 3.8) is 0 Å². The van der Waals surface area contributed by atoms with Crippen molar-refractivity contribution >= 4 is 40.5 Å². The molecule has 0 amide bonds. The predicted octanol–water partition coefficient (Wildman–Crippen LogP) is 3.54. The van der Waals surface area contributed by atoms with Crippen molar-refractivity contribution in [1.29, 1.82) is 5.26 Å². The summed E-state index contributed by atoms with van der Waals surface area (Å²) in [5.41, 5.74) is 0.718. The number of nitriles is 1. The van der Waals surface area contributed by atoms with E-state index in [0.717, 1.165) is 10.4 Å². The molecule has 0 N–H and O–H groups in total. The molecule has 0 bridgehead atoms. The zero-order valence-corrected chi connectivity index (χ0v) is 13.8. The number of anilines is 1. The molecule has 0 spiro atoms. The second-order valence-electron chi connectivity index (χ2n) is 4.49. The normalized spacial score (nSPS) is 10.3. The van der Waals surface area contributed by atoms with Crippen molar-refractivity contribution in [2.24, 2.45) is 0 Å². The molecule has 114 valence electrons. The molecule has 1 aromatic carbocycles. The van der Waals surface area contributed by atoms with E-state index in [2.05, 4.69) is 11.2 Å². The lowest BCUT2D eigenvalue weighted by Gasteiger charge is -2.19. The number of aromatic nitrogens is 2. The number of nitrogens with zero attached hydrogens (tertiary/aromatic N) is 4. The van der Waals surface area contributed by atoms with E-state index in [0.29, 0.717) is 23.7 Å². The van der Waals surface area contributed by atoms with E-state index in [-0.39, 0.29) is 10.0 Å². The van der Waals surface area contributed by atoms with Gasteiger partial charge in [0.25, 0.3) is 5.56 Å². The van der Waals surface area contributed by atoms with Gasteiger partial charge in [0, 0.05) is 13.6 Å². The van der Waals surface area contributed by atoms with Gasteiger partial charge >= 0.3 is 0 Å². The van der Waals surface area contributed by atoms with Gasteiger partial charge in [-0.3, -0.25) is 4.79 Å². The Balaban J connectivity index is 2.40. The van der Waals surface area contributed by atoms with Crippen molar-refractivity contribution in [2.45, 2.75) is 6.42 Å². The Bertz CT molecular complexity index is 798. The Hall–Kier alpha value is -1.74. The number of halogens is 3. The summed E-state index contributed by atoms with van der Waals surface area (Å²) in [7, 11) is 1.84. The Morgan fingerprint density at radius 3 is 2.68 bits per heavy atom. The summed E-state index contributed by atoms with van der Waals surface area (Å²) < 4.78 is 1.12. The topological polar surface area (TPSA) is 61.9 Å². The van der Waals surface area contributed by atoms with Crippen LogP contribution in [0.3, 0.4) is 0 Å². The molecule has 0 saturated carbocycles. The third-order valence-electron chi connectivity index (χ3n) is 3.02. The average molecular weight is 358 g/mol. The molecule has 0 aliphatic heterocycles. The molecule has 2 rings (SSSR count). The summed E-state index contributed by atoms with van der Waals surface area (Å²) in [6.07, 6.45) is 1.69. The fourth-order valence-electron chi connectivity index (χ4n) is 1.87. The maximum atomic E-state index is 12.1. The molecule has 5 nitrogen and oxygen atoms in total. The van der Waals surface area contributed by atoms with Crippen LogP contribution in [0.1, 0.15) is 6.42 Å². The summed E-state index contributed by atoms with van der Waals surface area (Å²) in [4.78, 5) is 13.9. The summed E-state index contributed by atoms with van der Waals surface area (Å²) in [6.45, 7) is 0.556. The highest BCUT2D eigenvalue weighted by molar-refractivity contribution is 6.41. The molecular weight excluding hydrogens is 347 g/mol. The minimum Gasteiger partial charge on any atom is -0.372 e. The van der Waals surface area contributed by atoms with Gasteiger partial charge in [-0.25, -0.2) is 0 Å². The molecule has 1 aromatic heterocycles. The molecule has 0 saturated heterocycles. The molecule has 8 heteroatoms. The Labute approximate surface area is 142 Å². The van der Waals surface area contributed by atoms with Gasteiger partial charge in [0.1, 0.15) is 5.02 Å². The standard InChI is InChI=1S/C14H11Cl3N4O/c1-20(6-2-5-18)12-4-3-9(7-10(12)15)21-14(22)13(17)11(16)8-19-21/h3-4,7-8H,2,6H2,1H3. The molecule has 0 unspecified atom stereocenters. The van der Waals surface area contributed by atoms with E-state index in [4.69, 9.17) is 40.1 Å². The van der Waals surface area contributed by atoms with Crippen LogP contribution in [0.2, 0.25) is 15.1 Å². The number of benzene rings is 1. The number of hydrogen-bond acceptors (Lipinski definition) is 4. The highest BCUT2D eigenvalue weighted by Gasteiger charge is 2.12. The molecule has 22 heavy (non-hydrogen) atoms. The van der Waals surface area contributed by atoms with Crippen LogP contribution >= 0.6 is 34.8 Å². The van der Waals surface area contributed by atoms with E-state index in [1.807, 2.05) is 11.9 Å². The molecule has 0 atom stereocenters. The molecular formula is C14H11Cl3N4O. The second kappa shape index (κ2) is 7.01. The van der Waals surface area contributed by atoms with Crippen LogP contribution in [0.5, 0.6) is 0 Å². The van der Waals surface area contributed by atoms with Crippen molar-refractivity contribution in [3.05, 3.63) is 49.8 Å². The van der Waals surface area contributed by atoms with Crippen LogP contribution in [0.25, 0.3) is 5.69 Å². The fraction of sp³-hybridized carbons (Fsp3) is 0.214. The average Bonchev–Trinajstić information content (AvgIpc) is 2.50. The third kappa shape index (κ3) is 3.36. The van der Waals surface area contributed by atoms with Gasteiger partial charge < -0.3 is 4.90 Å². The molecule has 0 radical (unpaired) electrons. The van der Waals surface area contributed by atoms with Crippen molar-refractivity contribution in [1.82, 2.24) is 9.78 Å². The lowest BCUT2D eigenvalue weighted by atomic mass is 10.2. The van der Waals surface area contributed by atoms with E-state index >= 15 is 0 Å². The quantitative estimate of drug-likeness (QED) is 0.839. The smallest absolute Gasteiger partial charge is 0.291 e. The Morgan fingerprint density at radius 1 is 1.32 bits per heavy atom. The lowest BCUT2D eigenvalue weighted by molar-refractivity contribution is 0.806. The summed E-state index contributed by atoms with van der Waals surface area (Å²) in [5, 5.41) is 13.0. The van der Waals surface area contributed by atoms with E-state index in [1.54, 1.807) is 18.2 Å². The van der Waals surface area contributed by atoms with Gasteiger partial charge in [-0.15, -0.1) is 0 Å². The first-order valence-electron chi connectivity index (χ1n) is 6.27. The molecule has 1 heterocycles. The van der Waals surface area contributed by atoms with Crippen LogP contribution in [0.4, 0.5) is 5.69 Å². The number of rotatable bonds is 4. The first-order chi connectivity index (χ1) is 10.5. The first-order valence-corrected chi connectivity index (χ1v) is 7.40. The minimum absolute atomic E-state index is 0.0944. The maximum Gasteiger partial charge on any atom is 0.291 e. The first kappa shape index (κ1) is 16.6. The monoisotopic (exact) mass is 356 g/mol. The molecule has 0 aliphatic rings. The zero-order chi connectivity index (χ0) is 16.3. The Kier molecular flexibility index (Phi) is 5.30. The third-order valence-corrected chi connectivity index (χ3v) is 4.07. The maximum absolute atomic E-state index is 12.1. The van der Waals surface area contributed by atoms with E-state index in [1.165, 1.54) is 6.20 Å². The van der Waals surface area contributed by atoms with Gasteiger partial charge in [0.2, 0.25) is 0 Å². The molecule has 0 aliphatic carbocycles. The largest absolute Gasteiger partial charge is 0.372 e. The SMILES string of the molecule is CN(CCC#N)c1ccc(-n2ncc(Cl)c(Cl)c2=O)cc1Cl. The zero-order valence-electron chi connectivity index (χ0n) is 11.6. The number of hydrogen-bond donors (Lipinski definition) is 0. The van der Waals surface area contributed by atoms with Crippen LogP contribution in [0.15, 0.2) is 29.2 Å². The van der Waals surface area contributed by atoms with Crippen LogP contribution in [-0.4, -0.2) is 23.4 Å². The van der Waals surface area contributed by atoms with Crippen LogP contribution < -0.4 is 10.5 Å². The molecule has 2 aromatic rings. The van der Waals surface area contributed by atoms with E-state index in [9.17, 15) is 4.79 Å². The predicted molar refractivity (Wildman–Crippen MR) is 88.4 cm³/mol. The van der Waals surface area contributed by atoms with Crippen LogP contribution in [0, 0.1) is 11.3 Å². The second-order valence-corrected chi connectivity index (χ2v) is 5.68. The van der Waals surface area contributed by atoms with E-state index < -0.39 is 5.56 Å². The Morgan fingerprint density at radius 2 is 2.05 bits per heavy atom. The van der Waals surface area contributed by atoms with Gasteiger partial charge in [0.05, 0.1) is 40.1 Å². The fourth-order valence-corrected chi connectivity index (χ4v) is 2.44. The van der Waals surface area contributed by atoms with Crippen LogP contribution in [-0.2, 0) is 0 Å². The lowest BCUT2D eigenvalue weighted by Crippen LogP contribution is -2.22. The summed E-state index contributed by atoms with van der Waals surface area (Å²) >= 11 is 17.8. The van der Waals surface area contributed by atoms with Crippen molar-refractivity contribution in [2.75, 3.05) is 18.5 Å². The molecule has 0 fully saturated rings. The summed E-state index contributed by atoms with van der Waals surface area (Å²) in [6, 6.07) is 7.14. The highest BCUT2D eigenvalue weighted by atomic mass is 35.5. The van der Waals surface area contributed by atoms with Crippen molar-refractivity contribution < 1.29 is 0 Å². The van der Waals surface area contributed by atoms with Gasteiger partial charge in [-0.2, -0.15) is 15.0 Å². The highest BCUT2D eigenvalue weighted by Crippen LogP contribution is 2.27. The van der Waals surface area contributed by atoms with Crippen molar-refractivity contribution in [3.8, 4) is 11.8 Å². The summed E-state index contributed by atoms with van der Waals surface area (Å²) in [5.74, 6) is 0. The van der Waals surface area contributed by atoms with Gasteiger partial charge in [-0.05, 0) is 18.2 Å². The minimum atomic E-state index is -0.518. The van der Waals surface area contributed by atoms with Gasteiger partial charge in [-0.1, -0.05) is 34.8 Å².